The molecule has 0 spiro atoms. The zero-order valence-corrected chi connectivity index (χ0v) is 9.74. The summed E-state index contributed by atoms with van der Waals surface area (Å²) in [6.07, 6.45) is 4.06. The lowest BCUT2D eigenvalue weighted by molar-refractivity contribution is -0.132. The number of nitrogens with one attached hydrogen (secondary N) is 1. The van der Waals surface area contributed by atoms with E-state index in [0.29, 0.717) is 11.3 Å². The molecule has 1 aromatic carbocycles. The molecule has 0 saturated carbocycles. The molecule has 1 rings (SSSR count). The molecule has 0 heterocycles. The lowest BCUT2D eigenvalue weighted by Crippen LogP contribution is -2.08. The van der Waals surface area contributed by atoms with Crippen molar-refractivity contribution in [2.45, 2.75) is 0 Å². The first-order chi connectivity index (χ1) is 8.97. The molecule has 0 aliphatic heterocycles. The zero-order chi connectivity index (χ0) is 14.3. The highest BCUT2D eigenvalue weighted by Crippen LogP contribution is 2.10. The number of carbonyl (C=O) groups is 3. The molecule has 3 N–H and O–H groups in total. The summed E-state index contributed by atoms with van der Waals surface area (Å²) in [5.41, 5.74) is 1.15. The van der Waals surface area contributed by atoms with Gasteiger partial charge in [-0.3, -0.25) is 4.79 Å². The Balaban J connectivity index is 2.64. The molecular formula is C13H11NO5. The number of carboxylic acids is 2. The third kappa shape index (κ3) is 5.83. The summed E-state index contributed by atoms with van der Waals surface area (Å²) >= 11 is 0. The lowest BCUT2D eigenvalue weighted by Gasteiger charge is -2.02. The number of anilines is 1. The predicted octanol–water partition coefficient (Wildman–Crippen LogP) is 1.36. The van der Waals surface area contributed by atoms with E-state index in [4.69, 9.17) is 10.2 Å². The third-order valence-corrected chi connectivity index (χ3v) is 1.97. The Kier molecular flexibility index (Phi) is 5.04. The summed E-state index contributed by atoms with van der Waals surface area (Å²) in [4.78, 5) is 31.8. The number of benzene rings is 1. The second kappa shape index (κ2) is 6.75. The number of hydrogen-bond acceptors (Lipinski definition) is 3. The van der Waals surface area contributed by atoms with Gasteiger partial charge in [0.15, 0.2) is 0 Å². The van der Waals surface area contributed by atoms with Gasteiger partial charge in [0.05, 0.1) is 0 Å². The number of hydrogen-bond donors (Lipinski definition) is 3. The van der Waals surface area contributed by atoms with E-state index in [-0.39, 0.29) is 0 Å². The van der Waals surface area contributed by atoms with Crippen molar-refractivity contribution >= 4 is 29.6 Å². The van der Waals surface area contributed by atoms with E-state index in [1.165, 1.54) is 6.08 Å². The summed E-state index contributed by atoms with van der Waals surface area (Å²) < 4.78 is 0. The smallest absolute Gasteiger partial charge is 0.328 e. The molecule has 19 heavy (non-hydrogen) atoms. The third-order valence-electron chi connectivity index (χ3n) is 1.97. The van der Waals surface area contributed by atoms with Crippen LogP contribution in [0.5, 0.6) is 0 Å². The van der Waals surface area contributed by atoms with Crippen molar-refractivity contribution in [3.8, 4) is 0 Å². The van der Waals surface area contributed by atoms with Crippen LogP contribution in [0.15, 0.2) is 42.5 Å². The van der Waals surface area contributed by atoms with Crippen molar-refractivity contribution in [1.29, 1.82) is 0 Å². The number of rotatable bonds is 5. The normalized spacial score (nSPS) is 10.7. The monoisotopic (exact) mass is 261 g/mol. The van der Waals surface area contributed by atoms with Crippen LogP contribution >= 0.6 is 0 Å². The van der Waals surface area contributed by atoms with E-state index in [1.807, 2.05) is 0 Å². The van der Waals surface area contributed by atoms with Gasteiger partial charge in [-0.1, -0.05) is 12.1 Å². The van der Waals surface area contributed by atoms with E-state index in [9.17, 15) is 14.4 Å². The second-order valence-electron chi connectivity index (χ2n) is 3.45. The second-order valence-corrected chi connectivity index (χ2v) is 3.45. The molecule has 1 amide bonds. The standard InChI is InChI=1S/C13H11NO5/c15-11(6-8-13(18)19)14-10-4-1-9(2-5-10)3-7-12(16)17/h1-8H,(H,14,15)(H,16,17)(H,18,19)/b7-3-,8-6-. The summed E-state index contributed by atoms with van der Waals surface area (Å²) in [7, 11) is 0. The fraction of sp³-hybridized carbons (Fsp3) is 0. The minimum absolute atomic E-state index is 0.479. The van der Waals surface area contributed by atoms with Crippen LogP contribution in [0.25, 0.3) is 6.08 Å². The zero-order valence-electron chi connectivity index (χ0n) is 9.74. The number of aliphatic carboxylic acids is 2. The van der Waals surface area contributed by atoms with Crippen LogP contribution in [0.3, 0.4) is 0 Å². The summed E-state index contributed by atoms with van der Waals surface area (Å²) in [6, 6.07) is 6.40. The van der Waals surface area contributed by atoms with Gasteiger partial charge < -0.3 is 15.5 Å². The summed E-state index contributed by atoms with van der Waals surface area (Å²) in [5.74, 6) is -2.81. The molecule has 0 unspecified atom stereocenters. The first-order valence-electron chi connectivity index (χ1n) is 5.20. The minimum atomic E-state index is -1.20. The molecule has 0 aromatic heterocycles. The van der Waals surface area contributed by atoms with Crippen LogP contribution < -0.4 is 5.32 Å². The molecule has 6 nitrogen and oxygen atoms in total. The van der Waals surface area contributed by atoms with Gasteiger partial charge in [0.25, 0.3) is 0 Å². The van der Waals surface area contributed by atoms with Crippen molar-refractivity contribution in [2.75, 3.05) is 5.32 Å². The first kappa shape index (κ1) is 14.2. The maximum atomic E-state index is 11.3. The Morgan fingerprint density at radius 3 is 2.00 bits per heavy atom. The van der Waals surface area contributed by atoms with E-state index >= 15 is 0 Å². The van der Waals surface area contributed by atoms with Gasteiger partial charge in [0.2, 0.25) is 5.91 Å². The van der Waals surface area contributed by atoms with E-state index < -0.39 is 17.8 Å². The fourth-order valence-electron chi connectivity index (χ4n) is 1.18. The minimum Gasteiger partial charge on any atom is -0.478 e. The summed E-state index contributed by atoms with van der Waals surface area (Å²) in [6.45, 7) is 0. The maximum absolute atomic E-state index is 11.3. The van der Waals surface area contributed by atoms with E-state index in [1.54, 1.807) is 24.3 Å². The van der Waals surface area contributed by atoms with E-state index in [0.717, 1.165) is 18.2 Å². The molecule has 0 saturated heterocycles. The molecule has 0 aliphatic rings. The van der Waals surface area contributed by atoms with Crippen LogP contribution in [-0.4, -0.2) is 28.1 Å². The molecule has 0 radical (unpaired) electrons. The van der Waals surface area contributed by atoms with Gasteiger partial charge in [-0.25, -0.2) is 9.59 Å². The lowest BCUT2D eigenvalue weighted by atomic mass is 10.2. The Morgan fingerprint density at radius 2 is 1.47 bits per heavy atom. The average molecular weight is 261 g/mol. The van der Waals surface area contributed by atoms with Gasteiger partial charge in [-0.15, -0.1) is 0 Å². The molecule has 98 valence electrons. The fourth-order valence-corrected chi connectivity index (χ4v) is 1.18. The first-order valence-corrected chi connectivity index (χ1v) is 5.20. The maximum Gasteiger partial charge on any atom is 0.328 e. The van der Waals surface area contributed by atoms with Crippen molar-refractivity contribution in [2.24, 2.45) is 0 Å². The largest absolute Gasteiger partial charge is 0.478 e. The SMILES string of the molecule is O=C(O)/C=C\C(=O)Nc1ccc(/C=C\C(=O)O)cc1. The quantitative estimate of drug-likeness (QED) is 0.694. The van der Waals surface area contributed by atoms with Crippen molar-refractivity contribution in [1.82, 2.24) is 0 Å². The van der Waals surface area contributed by atoms with E-state index in [2.05, 4.69) is 5.32 Å². The molecule has 6 heteroatoms. The van der Waals surface area contributed by atoms with Crippen LogP contribution in [0.1, 0.15) is 5.56 Å². The number of amides is 1. The molecule has 0 fully saturated rings. The Hall–Kier alpha value is -2.89. The number of carbonyl (C=O) groups excluding carboxylic acids is 1. The summed E-state index contributed by atoms with van der Waals surface area (Å²) in [5, 5.41) is 19.3. The molecule has 0 aliphatic carbocycles. The predicted molar refractivity (Wildman–Crippen MR) is 68.5 cm³/mol. The highest BCUT2D eigenvalue weighted by molar-refractivity contribution is 6.02. The average Bonchev–Trinajstić information content (AvgIpc) is 2.35. The Bertz CT molecular complexity index is 543. The topological polar surface area (TPSA) is 104 Å². The van der Waals surface area contributed by atoms with Crippen molar-refractivity contribution in [3.05, 3.63) is 48.1 Å². The molecule has 0 bridgehead atoms. The molecule has 0 atom stereocenters. The highest BCUT2D eigenvalue weighted by Gasteiger charge is 1.98. The van der Waals surface area contributed by atoms with Crippen LogP contribution in [0.4, 0.5) is 5.69 Å². The van der Waals surface area contributed by atoms with Crippen LogP contribution in [-0.2, 0) is 14.4 Å². The van der Waals surface area contributed by atoms with Crippen LogP contribution in [0.2, 0.25) is 0 Å². The van der Waals surface area contributed by atoms with Crippen LogP contribution in [0, 0.1) is 0 Å². The van der Waals surface area contributed by atoms with Gasteiger partial charge in [0.1, 0.15) is 0 Å². The number of carboxylic acid groups (broad SMARTS) is 2. The Morgan fingerprint density at radius 1 is 0.895 bits per heavy atom. The van der Waals surface area contributed by atoms with Gasteiger partial charge in [0, 0.05) is 23.9 Å². The van der Waals surface area contributed by atoms with Gasteiger partial charge in [-0.05, 0) is 23.8 Å². The Labute approximate surface area is 108 Å². The van der Waals surface area contributed by atoms with Gasteiger partial charge >= 0.3 is 11.9 Å². The van der Waals surface area contributed by atoms with Gasteiger partial charge in [-0.2, -0.15) is 0 Å². The highest BCUT2D eigenvalue weighted by atomic mass is 16.4. The molecular weight excluding hydrogens is 250 g/mol. The van der Waals surface area contributed by atoms with Crippen molar-refractivity contribution in [3.63, 3.8) is 0 Å². The molecule has 1 aromatic rings. The van der Waals surface area contributed by atoms with Crippen molar-refractivity contribution < 1.29 is 24.6 Å².